The molecule has 1 aromatic heterocycles. The van der Waals surface area contributed by atoms with Crippen molar-refractivity contribution in [3.8, 4) is 0 Å². The molecular formula is C18H25NO2. The average molecular weight is 287 g/mol. The van der Waals surface area contributed by atoms with Crippen molar-refractivity contribution >= 4 is 11.0 Å². The molecule has 0 amide bonds. The largest absolute Gasteiger partial charge is 0.459 e. The second-order valence-electron chi connectivity index (χ2n) is 6.40. The van der Waals surface area contributed by atoms with Gasteiger partial charge in [-0.15, -0.1) is 0 Å². The Hall–Kier alpha value is -1.32. The number of nitrogens with two attached hydrogens (primary N) is 1. The molecule has 0 aliphatic heterocycles. The van der Waals surface area contributed by atoms with E-state index < -0.39 is 0 Å². The summed E-state index contributed by atoms with van der Waals surface area (Å²) in [6, 6.07) is 8.09. The van der Waals surface area contributed by atoms with Crippen LogP contribution in [0.4, 0.5) is 0 Å². The Morgan fingerprint density at radius 1 is 1.19 bits per heavy atom. The first-order chi connectivity index (χ1) is 10.2. The van der Waals surface area contributed by atoms with Crippen molar-refractivity contribution in [2.75, 3.05) is 0 Å². The Kier molecular flexibility index (Phi) is 4.32. The van der Waals surface area contributed by atoms with Gasteiger partial charge in [0.15, 0.2) is 0 Å². The number of hydrogen-bond acceptors (Lipinski definition) is 3. The molecule has 2 aromatic rings. The molecular weight excluding hydrogens is 262 g/mol. The van der Waals surface area contributed by atoms with Gasteiger partial charge in [0, 0.05) is 10.9 Å². The smallest absolute Gasteiger partial charge is 0.134 e. The molecule has 1 aliphatic carbocycles. The van der Waals surface area contributed by atoms with Gasteiger partial charge in [-0.2, -0.15) is 0 Å². The van der Waals surface area contributed by atoms with E-state index in [4.69, 9.17) is 14.9 Å². The van der Waals surface area contributed by atoms with Gasteiger partial charge in [-0.3, -0.25) is 0 Å². The number of fused-ring (bicyclic) bond motifs is 1. The lowest BCUT2D eigenvalue weighted by atomic mass is 9.80. The summed E-state index contributed by atoms with van der Waals surface area (Å²) in [5.41, 5.74) is 7.84. The van der Waals surface area contributed by atoms with Gasteiger partial charge >= 0.3 is 0 Å². The normalized spacial score (nSPS) is 26.3. The summed E-state index contributed by atoms with van der Waals surface area (Å²) in [4.78, 5) is 0. The summed E-state index contributed by atoms with van der Waals surface area (Å²) in [6.45, 7) is 5.70. The zero-order valence-corrected chi connectivity index (χ0v) is 13.0. The van der Waals surface area contributed by atoms with E-state index in [1.54, 1.807) is 0 Å². The molecule has 1 fully saturated rings. The third-order valence-corrected chi connectivity index (χ3v) is 4.98. The molecule has 1 saturated carbocycles. The van der Waals surface area contributed by atoms with Crippen molar-refractivity contribution in [2.45, 2.75) is 52.4 Å². The van der Waals surface area contributed by atoms with E-state index in [1.165, 1.54) is 12.8 Å². The van der Waals surface area contributed by atoms with Crippen LogP contribution < -0.4 is 5.73 Å². The number of ether oxygens (including phenoxy) is 1. The second-order valence-corrected chi connectivity index (χ2v) is 6.40. The molecule has 0 saturated heterocycles. The Morgan fingerprint density at radius 3 is 2.76 bits per heavy atom. The quantitative estimate of drug-likeness (QED) is 0.915. The number of para-hydroxylation sites is 1. The fourth-order valence-electron chi connectivity index (χ4n) is 3.32. The highest BCUT2D eigenvalue weighted by Gasteiger charge is 2.25. The van der Waals surface area contributed by atoms with E-state index in [0.29, 0.717) is 19.3 Å². The van der Waals surface area contributed by atoms with Crippen molar-refractivity contribution in [1.29, 1.82) is 0 Å². The van der Waals surface area contributed by atoms with Gasteiger partial charge in [0.2, 0.25) is 0 Å². The molecule has 3 rings (SSSR count). The van der Waals surface area contributed by atoms with E-state index in [9.17, 15) is 0 Å². The van der Waals surface area contributed by atoms with Gasteiger partial charge in [0.25, 0.3) is 0 Å². The Bertz CT molecular complexity index is 604. The highest BCUT2D eigenvalue weighted by atomic mass is 16.5. The van der Waals surface area contributed by atoms with Crippen LogP contribution in [-0.2, 0) is 17.9 Å². The van der Waals surface area contributed by atoms with Crippen LogP contribution in [0.5, 0.6) is 0 Å². The number of hydrogen-bond donors (Lipinski definition) is 1. The third kappa shape index (κ3) is 2.99. The molecule has 3 unspecified atom stereocenters. The summed E-state index contributed by atoms with van der Waals surface area (Å²) in [7, 11) is 0. The van der Waals surface area contributed by atoms with Crippen LogP contribution in [0, 0.1) is 11.8 Å². The zero-order valence-electron chi connectivity index (χ0n) is 13.0. The molecule has 3 heteroatoms. The maximum atomic E-state index is 6.18. The minimum Gasteiger partial charge on any atom is -0.459 e. The van der Waals surface area contributed by atoms with E-state index in [-0.39, 0.29) is 0 Å². The van der Waals surface area contributed by atoms with Crippen LogP contribution in [0.25, 0.3) is 11.0 Å². The van der Waals surface area contributed by atoms with Crippen molar-refractivity contribution in [2.24, 2.45) is 17.6 Å². The fourth-order valence-corrected chi connectivity index (χ4v) is 3.32. The minimum atomic E-state index is 0.371. The van der Waals surface area contributed by atoms with Gasteiger partial charge in [-0.1, -0.05) is 32.0 Å². The molecule has 2 N–H and O–H groups in total. The minimum absolute atomic E-state index is 0.371. The lowest BCUT2D eigenvalue weighted by molar-refractivity contribution is -0.00755. The van der Waals surface area contributed by atoms with Crippen LogP contribution in [0.3, 0.4) is 0 Å². The second kappa shape index (κ2) is 6.20. The first-order valence-electron chi connectivity index (χ1n) is 8.00. The zero-order chi connectivity index (χ0) is 14.8. The lowest BCUT2D eigenvalue weighted by Gasteiger charge is -2.32. The third-order valence-electron chi connectivity index (χ3n) is 4.98. The first-order valence-corrected chi connectivity index (χ1v) is 8.00. The highest BCUT2D eigenvalue weighted by molar-refractivity contribution is 5.82. The van der Waals surface area contributed by atoms with E-state index >= 15 is 0 Å². The van der Waals surface area contributed by atoms with Crippen LogP contribution in [-0.4, -0.2) is 6.10 Å². The molecule has 0 spiro atoms. The van der Waals surface area contributed by atoms with Gasteiger partial charge < -0.3 is 14.9 Å². The van der Waals surface area contributed by atoms with Gasteiger partial charge in [0.05, 0.1) is 19.3 Å². The molecule has 3 nitrogen and oxygen atoms in total. The molecule has 114 valence electrons. The lowest BCUT2D eigenvalue weighted by Crippen LogP contribution is -2.26. The monoisotopic (exact) mass is 287 g/mol. The van der Waals surface area contributed by atoms with Crippen LogP contribution in [0.1, 0.15) is 44.4 Å². The van der Waals surface area contributed by atoms with Gasteiger partial charge in [-0.05, 0) is 37.2 Å². The Morgan fingerprint density at radius 2 is 2.00 bits per heavy atom. The molecule has 1 aromatic carbocycles. The van der Waals surface area contributed by atoms with Crippen molar-refractivity contribution in [1.82, 2.24) is 0 Å². The molecule has 21 heavy (non-hydrogen) atoms. The number of benzene rings is 1. The molecule has 1 aliphatic rings. The molecule has 0 radical (unpaired) electrons. The maximum absolute atomic E-state index is 6.18. The standard InChI is InChI=1S/C18H25NO2/c1-12-7-8-14(9-13(12)2)20-11-16-15-5-3-4-6-17(15)21-18(16)10-19/h3-6,12-14H,7-11,19H2,1-2H3. The van der Waals surface area contributed by atoms with Crippen LogP contribution in [0.2, 0.25) is 0 Å². The average Bonchev–Trinajstić information content (AvgIpc) is 2.86. The Balaban J connectivity index is 1.73. The summed E-state index contributed by atoms with van der Waals surface area (Å²) >= 11 is 0. The molecule has 0 bridgehead atoms. The molecule has 3 atom stereocenters. The predicted molar refractivity (Wildman–Crippen MR) is 84.9 cm³/mol. The van der Waals surface area contributed by atoms with Crippen molar-refractivity contribution in [3.63, 3.8) is 0 Å². The summed E-state index contributed by atoms with van der Waals surface area (Å²) in [5.74, 6) is 2.42. The SMILES string of the molecule is CC1CCC(OCc2c(CN)oc3ccccc23)CC1C. The van der Waals surface area contributed by atoms with E-state index in [1.807, 2.05) is 18.2 Å². The van der Waals surface area contributed by atoms with Gasteiger partial charge in [0.1, 0.15) is 11.3 Å². The summed E-state index contributed by atoms with van der Waals surface area (Å²) in [6.07, 6.45) is 3.96. The fraction of sp³-hybridized carbons (Fsp3) is 0.556. The summed E-state index contributed by atoms with van der Waals surface area (Å²) < 4.78 is 12.0. The Labute approximate surface area is 126 Å². The number of furan rings is 1. The number of rotatable bonds is 4. The van der Waals surface area contributed by atoms with Crippen LogP contribution in [0.15, 0.2) is 28.7 Å². The molecule has 1 heterocycles. The predicted octanol–water partition coefficient (Wildman–Crippen LogP) is 4.23. The highest BCUT2D eigenvalue weighted by Crippen LogP contribution is 2.32. The van der Waals surface area contributed by atoms with E-state index in [0.717, 1.165) is 40.5 Å². The van der Waals surface area contributed by atoms with Crippen molar-refractivity contribution in [3.05, 3.63) is 35.6 Å². The van der Waals surface area contributed by atoms with Gasteiger partial charge in [-0.25, -0.2) is 0 Å². The maximum Gasteiger partial charge on any atom is 0.134 e. The topological polar surface area (TPSA) is 48.4 Å². The van der Waals surface area contributed by atoms with E-state index in [2.05, 4.69) is 19.9 Å². The first kappa shape index (κ1) is 14.6. The summed E-state index contributed by atoms with van der Waals surface area (Å²) in [5, 5.41) is 1.13. The van der Waals surface area contributed by atoms with Crippen molar-refractivity contribution < 1.29 is 9.15 Å². The van der Waals surface area contributed by atoms with Crippen LogP contribution >= 0.6 is 0 Å².